The number of carbonyl (C=O) groups excluding carboxylic acids is 1. The molecule has 0 aliphatic rings. The van der Waals surface area contributed by atoms with Crippen LogP contribution < -0.4 is 9.47 Å². The topological polar surface area (TPSA) is 70.8 Å². The maximum absolute atomic E-state index is 12.1. The number of hydrogen-bond donors (Lipinski definition) is 0. The van der Waals surface area contributed by atoms with Gasteiger partial charge in [0.05, 0.1) is 18.8 Å². The number of benzene rings is 2. The van der Waals surface area contributed by atoms with E-state index in [0.717, 1.165) is 5.56 Å². The second kappa shape index (κ2) is 9.08. The highest BCUT2D eigenvalue weighted by molar-refractivity contribution is 5.90. The molecule has 146 valence electrons. The SMILES string of the molecule is CCOC(=O)c1cc(OCC)cc(OCc2nc(-c3ccccc3)oc2C)c1. The first-order valence-electron chi connectivity index (χ1n) is 9.20. The van der Waals surface area contributed by atoms with Crippen molar-refractivity contribution in [2.24, 2.45) is 0 Å². The van der Waals surface area contributed by atoms with Crippen LogP contribution in [0.2, 0.25) is 0 Å². The van der Waals surface area contributed by atoms with Crippen molar-refractivity contribution in [2.45, 2.75) is 27.4 Å². The standard InChI is InChI=1S/C22H23NO5/c1-4-25-18-11-17(22(24)26-5-2)12-19(13-18)27-14-20-15(3)28-21(23-20)16-9-7-6-8-10-16/h6-13H,4-5,14H2,1-3H3. The van der Waals surface area contributed by atoms with Gasteiger partial charge in [-0.05, 0) is 45.0 Å². The van der Waals surface area contributed by atoms with E-state index < -0.39 is 5.97 Å². The van der Waals surface area contributed by atoms with Gasteiger partial charge in [-0.3, -0.25) is 0 Å². The van der Waals surface area contributed by atoms with Crippen LogP contribution >= 0.6 is 0 Å². The van der Waals surface area contributed by atoms with E-state index in [4.69, 9.17) is 18.6 Å². The Morgan fingerprint density at radius 1 is 1.00 bits per heavy atom. The first kappa shape index (κ1) is 19.5. The summed E-state index contributed by atoms with van der Waals surface area (Å²) in [5.41, 5.74) is 1.97. The van der Waals surface area contributed by atoms with E-state index >= 15 is 0 Å². The zero-order valence-electron chi connectivity index (χ0n) is 16.2. The molecule has 0 unspecified atom stereocenters. The number of oxazole rings is 1. The lowest BCUT2D eigenvalue weighted by molar-refractivity contribution is 0.0525. The number of hydrogen-bond acceptors (Lipinski definition) is 6. The third-order valence-electron chi connectivity index (χ3n) is 3.99. The Hall–Kier alpha value is -3.28. The summed E-state index contributed by atoms with van der Waals surface area (Å²) in [4.78, 5) is 16.6. The van der Waals surface area contributed by atoms with E-state index in [1.54, 1.807) is 25.1 Å². The van der Waals surface area contributed by atoms with Gasteiger partial charge >= 0.3 is 5.97 Å². The fourth-order valence-electron chi connectivity index (χ4n) is 2.66. The van der Waals surface area contributed by atoms with Crippen molar-refractivity contribution >= 4 is 5.97 Å². The van der Waals surface area contributed by atoms with Gasteiger partial charge in [0, 0.05) is 11.6 Å². The second-order valence-electron chi connectivity index (χ2n) is 6.02. The van der Waals surface area contributed by atoms with Crippen LogP contribution in [0.4, 0.5) is 0 Å². The molecule has 3 aromatic rings. The number of aromatic nitrogens is 1. The zero-order valence-corrected chi connectivity index (χ0v) is 16.2. The van der Waals surface area contributed by atoms with Crippen molar-refractivity contribution in [1.82, 2.24) is 4.98 Å². The van der Waals surface area contributed by atoms with Crippen LogP contribution in [0.3, 0.4) is 0 Å². The molecule has 6 nitrogen and oxygen atoms in total. The fourth-order valence-corrected chi connectivity index (χ4v) is 2.66. The molecule has 6 heteroatoms. The van der Waals surface area contributed by atoms with Gasteiger partial charge in [0.15, 0.2) is 0 Å². The van der Waals surface area contributed by atoms with Gasteiger partial charge in [-0.1, -0.05) is 18.2 Å². The Morgan fingerprint density at radius 2 is 1.71 bits per heavy atom. The maximum atomic E-state index is 12.1. The molecule has 0 aliphatic heterocycles. The minimum atomic E-state index is -0.419. The highest BCUT2D eigenvalue weighted by Crippen LogP contribution is 2.26. The molecule has 2 aromatic carbocycles. The van der Waals surface area contributed by atoms with Gasteiger partial charge in [0.2, 0.25) is 5.89 Å². The number of nitrogens with zero attached hydrogens (tertiary/aromatic N) is 1. The van der Waals surface area contributed by atoms with Crippen molar-refractivity contribution in [2.75, 3.05) is 13.2 Å². The molecule has 1 aromatic heterocycles. The number of aryl methyl sites for hydroxylation is 1. The van der Waals surface area contributed by atoms with Gasteiger partial charge in [0.25, 0.3) is 0 Å². The lowest BCUT2D eigenvalue weighted by Crippen LogP contribution is -2.06. The first-order chi connectivity index (χ1) is 13.6. The van der Waals surface area contributed by atoms with Crippen molar-refractivity contribution in [3.63, 3.8) is 0 Å². The zero-order chi connectivity index (χ0) is 19.9. The van der Waals surface area contributed by atoms with E-state index in [1.807, 2.05) is 44.2 Å². The van der Waals surface area contributed by atoms with Crippen molar-refractivity contribution in [3.05, 3.63) is 65.5 Å². The Morgan fingerprint density at radius 3 is 2.39 bits per heavy atom. The van der Waals surface area contributed by atoms with Crippen LogP contribution in [0.25, 0.3) is 11.5 Å². The molecular formula is C22H23NO5. The molecule has 0 amide bonds. The fraction of sp³-hybridized carbons (Fsp3) is 0.273. The molecule has 0 radical (unpaired) electrons. The minimum Gasteiger partial charge on any atom is -0.494 e. The summed E-state index contributed by atoms with van der Waals surface area (Å²) in [6.45, 7) is 6.47. The number of rotatable bonds is 8. The molecular weight excluding hydrogens is 358 g/mol. The summed E-state index contributed by atoms with van der Waals surface area (Å²) in [7, 11) is 0. The van der Waals surface area contributed by atoms with Gasteiger partial charge in [-0.15, -0.1) is 0 Å². The molecule has 0 spiro atoms. The van der Waals surface area contributed by atoms with Gasteiger partial charge in [0.1, 0.15) is 29.6 Å². The van der Waals surface area contributed by atoms with Crippen molar-refractivity contribution in [3.8, 4) is 23.0 Å². The predicted molar refractivity (Wildman–Crippen MR) is 105 cm³/mol. The van der Waals surface area contributed by atoms with E-state index in [1.165, 1.54) is 0 Å². The quantitative estimate of drug-likeness (QED) is 0.522. The number of carbonyl (C=O) groups is 1. The molecule has 1 heterocycles. The van der Waals surface area contributed by atoms with Gasteiger partial charge in [-0.2, -0.15) is 0 Å². The Balaban J connectivity index is 1.78. The summed E-state index contributed by atoms with van der Waals surface area (Å²) in [5, 5.41) is 0. The van der Waals surface area contributed by atoms with Crippen LogP contribution in [0.5, 0.6) is 11.5 Å². The maximum Gasteiger partial charge on any atom is 0.338 e. The van der Waals surface area contributed by atoms with Crippen molar-refractivity contribution in [1.29, 1.82) is 0 Å². The number of ether oxygens (including phenoxy) is 3. The van der Waals surface area contributed by atoms with Crippen LogP contribution in [0, 0.1) is 6.92 Å². The molecule has 0 atom stereocenters. The second-order valence-corrected chi connectivity index (χ2v) is 6.02. The van der Waals surface area contributed by atoms with Crippen LogP contribution in [-0.4, -0.2) is 24.2 Å². The van der Waals surface area contributed by atoms with Crippen molar-refractivity contribution < 1.29 is 23.4 Å². The normalized spacial score (nSPS) is 10.5. The van der Waals surface area contributed by atoms with E-state index in [9.17, 15) is 4.79 Å². The Labute approximate surface area is 164 Å². The lowest BCUT2D eigenvalue weighted by Gasteiger charge is -2.11. The molecule has 0 N–H and O–H groups in total. The summed E-state index contributed by atoms with van der Waals surface area (Å²) >= 11 is 0. The van der Waals surface area contributed by atoms with E-state index in [2.05, 4.69) is 4.98 Å². The summed E-state index contributed by atoms with van der Waals surface area (Å²) < 4.78 is 22.2. The predicted octanol–water partition coefficient (Wildman–Crippen LogP) is 4.80. The average molecular weight is 381 g/mol. The molecule has 0 aliphatic carbocycles. The van der Waals surface area contributed by atoms with E-state index in [-0.39, 0.29) is 6.61 Å². The number of esters is 1. The smallest absolute Gasteiger partial charge is 0.338 e. The first-order valence-corrected chi connectivity index (χ1v) is 9.20. The molecule has 3 rings (SSSR count). The highest BCUT2D eigenvalue weighted by Gasteiger charge is 2.14. The summed E-state index contributed by atoms with van der Waals surface area (Å²) in [6, 6.07) is 14.7. The lowest BCUT2D eigenvalue weighted by atomic mass is 10.2. The molecule has 0 bridgehead atoms. The minimum absolute atomic E-state index is 0.208. The Kier molecular flexibility index (Phi) is 6.32. The third-order valence-corrected chi connectivity index (χ3v) is 3.99. The third kappa shape index (κ3) is 4.71. The van der Waals surface area contributed by atoms with Gasteiger partial charge in [-0.25, -0.2) is 9.78 Å². The van der Waals surface area contributed by atoms with Crippen LogP contribution in [0.15, 0.2) is 52.9 Å². The summed E-state index contributed by atoms with van der Waals surface area (Å²) in [6.07, 6.45) is 0. The molecule has 0 saturated carbocycles. The van der Waals surface area contributed by atoms with Crippen LogP contribution in [0.1, 0.15) is 35.7 Å². The molecule has 0 fully saturated rings. The highest BCUT2D eigenvalue weighted by atomic mass is 16.5. The molecule has 28 heavy (non-hydrogen) atoms. The van der Waals surface area contributed by atoms with E-state index in [0.29, 0.717) is 47.6 Å². The summed E-state index contributed by atoms with van der Waals surface area (Å²) in [5.74, 6) is 1.86. The largest absolute Gasteiger partial charge is 0.494 e. The molecule has 0 saturated heterocycles. The van der Waals surface area contributed by atoms with Gasteiger partial charge < -0.3 is 18.6 Å². The Bertz CT molecular complexity index is 933. The average Bonchev–Trinajstić information content (AvgIpc) is 3.08. The van der Waals surface area contributed by atoms with Crippen LogP contribution in [-0.2, 0) is 11.3 Å². The monoisotopic (exact) mass is 381 g/mol.